The van der Waals surface area contributed by atoms with Crippen molar-refractivity contribution in [2.24, 2.45) is 5.73 Å². The number of nitrogens with two attached hydrogens (primary N) is 1. The summed E-state index contributed by atoms with van der Waals surface area (Å²) in [5.74, 6) is 0. The van der Waals surface area contributed by atoms with Gasteiger partial charge in [-0.2, -0.15) is 0 Å². The number of ether oxygens (including phenoxy) is 1. The van der Waals surface area contributed by atoms with Crippen molar-refractivity contribution in [2.75, 3.05) is 6.54 Å². The average Bonchev–Trinajstić information content (AvgIpc) is 2.17. The van der Waals surface area contributed by atoms with E-state index < -0.39 is 18.3 Å². The predicted molar refractivity (Wildman–Crippen MR) is 35.4 cm³/mol. The second-order valence-electron chi connectivity index (χ2n) is 2.60. The maximum absolute atomic E-state index is 9.17. The fourth-order valence-electron chi connectivity index (χ4n) is 1.13. The quantitative estimate of drug-likeness (QED) is 0.420. The van der Waals surface area contributed by atoms with Gasteiger partial charge in [0.25, 0.3) is 0 Å². The van der Waals surface area contributed by atoms with Gasteiger partial charge in [-0.15, -0.1) is 0 Å². The molecule has 0 aliphatic carbocycles. The van der Waals surface area contributed by atoms with Crippen LogP contribution in [0.4, 0.5) is 0 Å². The predicted octanol–water partition coefficient (Wildman–Crippen LogP) is -1.55. The maximum Gasteiger partial charge on any atom is 0.110 e. The Morgan fingerprint density at radius 3 is 2.20 bits per heavy atom. The molecule has 60 valence electrons. The molecule has 0 aromatic carbocycles. The molecule has 0 aromatic heterocycles. The molecule has 0 aromatic rings. The zero-order chi connectivity index (χ0) is 7.72. The van der Waals surface area contributed by atoms with E-state index in [1.165, 1.54) is 0 Å². The molecular formula is C6H13NO3. The number of hydrogen-bond acceptors (Lipinski definition) is 4. The minimum atomic E-state index is -0.819. The highest BCUT2D eigenvalue weighted by Gasteiger charge is 2.38. The summed E-state index contributed by atoms with van der Waals surface area (Å²) < 4.78 is 5.11. The lowest BCUT2D eigenvalue weighted by Crippen LogP contribution is -2.35. The first-order chi connectivity index (χ1) is 4.66. The monoisotopic (exact) mass is 147 g/mol. The molecule has 1 aliphatic heterocycles. The topological polar surface area (TPSA) is 75.7 Å². The van der Waals surface area contributed by atoms with E-state index in [1.807, 2.05) is 0 Å². The van der Waals surface area contributed by atoms with Gasteiger partial charge in [-0.3, -0.25) is 0 Å². The molecule has 4 atom stereocenters. The van der Waals surface area contributed by atoms with Crippen molar-refractivity contribution in [3.63, 3.8) is 0 Å². The maximum atomic E-state index is 9.17. The first kappa shape index (κ1) is 7.94. The van der Waals surface area contributed by atoms with E-state index in [0.29, 0.717) is 0 Å². The van der Waals surface area contributed by atoms with E-state index in [9.17, 15) is 5.11 Å². The molecule has 1 heterocycles. The van der Waals surface area contributed by atoms with Gasteiger partial charge in [-0.25, -0.2) is 0 Å². The summed E-state index contributed by atoms with van der Waals surface area (Å²) in [7, 11) is 0. The number of hydrogen-bond donors (Lipinski definition) is 3. The Labute approximate surface area is 59.6 Å². The van der Waals surface area contributed by atoms with Gasteiger partial charge in [0, 0.05) is 6.54 Å². The molecule has 1 aliphatic rings. The smallest absolute Gasteiger partial charge is 0.110 e. The third kappa shape index (κ3) is 1.15. The second kappa shape index (κ2) is 2.84. The van der Waals surface area contributed by atoms with Gasteiger partial charge in [0.2, 0.25) is 0 Å². The summed E-state index contributed by atoms with van der Waals surface area (Å²) in [6.45, 7) is 1.96. The first-order valence-corrected chi connectivity index (χ1v) is 3.38. The minimum absolute atomic E-state index is 0.253. The molecule has 4 nitrogen and oxygen atoms in total. The third-order valence-corrected chi connectivity index (χ3v) is 1.83. The van der Waals surface area contributed by atoms with Crippen molar-refractivity contribution < 1.29 is 14.9 Å². The SMILES string of the molecule is C[C@@H]1O[C@H](CN)[C@H](O)[C@@H]1O. The highest BCUT2D eigenvalue weighted by Crippen LogP contribution is 2.19. The van der Waals surface area contributed by atoms with Gasteiger partial charge in [0.05, 0.1) is 12.2 Å². The summed E-state index contributed by atoms with van der Waals surface area (Å²) in [6, 6.07) is 0. The van der Waals surface area contributed by atoms with Crippen LogP contribution in [0.25, 0.3) is 0 Å². The fourth-order valence-corrected chi connectivity index (χ4v) is 1.13. The van der Waals surface area contributed by atoms with Crippen LogP contribution in [0.2, 0.25) is 0 Å². The van der Waals surface area contributed by atoms with Crippen molar-refractivity contribution in [1.82, 2.24) is 0 Å². The van der Waals surface area contributed by atoms with E-state index in [0.717, 1.165) is 0 Å². The molecule has 1 rings (SSSR count). The molecule has 4 heteroatoms. The Kier molecular flexibility index (Phi) is 2.25. The highest BCUT2D eigenvalue weighted by atomic mass is 16.5. The van der Waals surface area contributed by atoms with Crippen LogP contribution >= 0.6 is 0 Å². The Morgan fingerprint density at radius 1 is 1.40 bits per heavy atom. The number of rotatable bonds is 1. The van der Waals surface area contributed by atoms with Crippen molar-refractivity contribution in [3.8, 4) is 0 Å². The second-order valence-corrected chi connectivity index (χ2v) is 2.60. The number of aliphatic hydroxyl groups is 2. The van der Waals surface area contributed by atoms with Crippen LogP contribution in [0, 0.1) is 0 Å². The molecule has 0 amide bonds. The molecule has 0 saturated carbocycles. The van der Waals surface area contributed by atoms with Gasteiger partial charge in [0.1, 0.15) is 12.2 Å². The highest BCUT2D eigenvalue weighted by molar-refractivity contribution is 4.88. The lowest BCUT2D eigenvalue weighted by Gasteiger charge is -2.10. The Balaban J connectivity index is 2.53. The summed E-state index contributed by atoms with van der Waals surface area (Å²) in [4.78, 5) is 0. The van der Waals surface area contributed by atoms with E-state index in [-0.39, 0.29) is 12.6 Å². The van der Waals surface area contributed by atoms with Gasteiger partial charge >= 0.3 is 0 Å². The molecule has 0 radical (unpaired) electrons. The normalized spacial score (nSPS) is 48.0. The number of aliphatic hydroxyl groups excluding tert-OH is 2. The summed E-state index contributed by atoms with van der Waals surface area (Å²) in [5, 5.41) is 18.3. The lowest BCUT2D eigenvalue weighted by atomic mass is 10.1. The zero-order valence-electron chi connectivity index (χ0n) is 5.90. The van der Waals surface area contributed by atoms with E-state index in [2.05, 4.69) is 0 Å². The summed E-state index contributed by atoms with van der Waals surface area (Å²) >= 11 is 0. The zero-order valence-corrected chi connectivity index (χ0v) is 5.90. The van der Waals surface area contributed by atoms with Crippen LogP contribution in [0.15, 0.2) is 0 Å². The first-order valence-electron chi connectivity index (χ1n) is 3.38. The Morgan fingerprint density at radius 2 is 2.00 bits per heavy atom. The largest absolute Gasteiger partial charge is 0.388 e. The molecule has 0 unspecified atom stereocenters. The van der Waals surface area contributed by atoms with E-state index in [4.69, 9.17) is 15.6 Å². The van der Waals surface area contributed by atoms with Gasteiger partial charge in [-0.05, 0) is 6.92 Å². The van der Waals surface area contributed by atoms with Gasteiger partial charge in [0.15, 0.2) is 0 Å². The molecule has 0 bridgehead atoms. The average molecular weight is 147 g/mol. The van der Waals surface area contributed by atoms with Crippen molar-refractivity contribution in [1.29, 1.82) is 0 Å². The van der Waals surface area contributed by atoms with Crippen molar-refractivity contribution in [2.45, 2.75) is 31.3 Å². The van der Waals surface area contributed by atoms with Gasteiger partial charge in [-0.1, -0.05) is 0 Å². The van der Waals surface area contributed by atoms with Crippen LogP contribution in [0.5, 0.6) is 0 Å². The third-order valence-electron chi connectivity index (χ3n) is 1.83. The van der Waals surface area contributed by atoms with Crippen molar-refractivity contribution in [3.05, 3.63) is 0 Å². The minimum Gasteiger partial charge on any atom is -0.388 e. The summed E-state index contributed by atoms with van der Waals surface area (Å²) in [5.41, 5.74) is 5.25. The molecular weight excluding hydrogens is 134 g/mol. The Hall–Kier alpha value is -0.160. The lowest BCUT2D eigenvalue weighted by molar-refractivity contribution is 0.0223. The molecule has 4 N–H and O–H groups in total. The molecule has 0 spiro atoms. The van der Waals surface area contributed by atoms with E-state index in [1.54, 1.807) is 6.92 Å². The van der Waals surface area contributed by atoms with Crippen molar-refractivity contribution >= 4 is 0 Å². The van der Waals surface area contributed by atoms with Crippen LogP contribution in [0.1, 0.15) is 6.92 Å². The van der Waals surface area contributed by atoms with Crippen LogP contribution in [-0.2, 0) is 4.74 Å². The standard InChI is InChI=1S/C6H13NO3/c1-3-5(8)6(9)4(2-7)10-3/h3-6,8-9H,2,7H2,1H3/t3-,4+,5+,6-/m0/s1. The fraction of sp³-hybridized carbons (Fsp3) is 1.00. The Bertz CT molecular complexity index is 120. The van der Waals surface area contributed by atoms with Crippen LogP contribution < -0.4 is 5.73 Å². The molecule has 1 fully saturated rings. The van der Waals surface area contributed by atoms with E-state index >= 15 is 0 Å². The van der Waals surface area contributed by atoms with Crippen LogP contribution in [0.3, 0.4) is 0 Å². The summed E-state index contributed by atoms with van der Waals surface area (Å²) in [6.07, 6.45) is -2.30. The molecule has 10 heavy (non-hydrogen) atoms. The molecule has 1 saturated heterocycles. The van der Waals surface area contributed by atoms with Gasteiger partial charge < -0.3 is 20.7 Å². The van der Waals surface area contributed by atoms with Crippen LogP contribution in [-0.4, -0.2) is 41.2 Å².